The number of amides is 1. The molecule has 1 N–H and O–H groups in total. The Morgan fingerprint density at radius 2 is 2.13 bits per heavy atom. The number of methoxy groups -OCH3 is 1. The number of carbonyl (C=O) groups is 1. The summed E-state index contributed by atoms with van der Waals surface area (Å²) >= 11 is 0. The highest BCUT2D eigenvalue weighted by Crippen LogP contribution is 2.17. The van der Waals surface area contributed by atoms with E-state index in [2.05, 4.69) is 25.2 Å². The minimum Gasteiger partial charge on any atom is -0.467 e. The summed E-state index contributed by atoms with van der Waals surface area (Å²) in [6.07, 6.45) is 4.93. The maximum atomic E-state index is 11.9. The van der Waals surface area contributed by atoms with Crippen molar-refractivity contribution in [2.24, 2.45) is 0 Å². The van der Waals surface area contributed by atoms with Gasteiger partial charge < -0.3 is 19.4 Å². The average molecular weight is 317 g/mol. The molecule has 0 radical (unpaired) electrons. The number of furan rings is 1. The number of hydrogen-bond acceptors (Lipinski definition) is 7. The van der Waals surface area contributed by atoms with Crippen molar-refractivity contribution in [1.29, 1.82) is 0 Å². The fourth-order valence-electron chi connectivity index (χ4n) is 2.45. The zero-order valence-corrected chi connectivity index (χ0v) is 13.0. The first-order valence-corrected chi connectivity index (χ1v) is 7.62. The lowest BCUT2D eigenvalue weighted by atomic mass is 10.1. The van der Waals surface area contributed by atoms with E-state index >= 15 is 0 Å². The van der Waals surface area contributed by atoms with Crippen molar-refractivity contribution in [2.75, 3.05) is 25.1 Å². The molecule has 3 heterocycles. The van der Waals surface area contributed by atoms with Gasteiger partial charge in [-0.15, -0.1) is 0 Å². The number of ether oxygens (including phenoxy) is 1. The number of anilines is 1. The highest BCUT2D eigenvalue weighted by Gasteiger charge is 2.17. The molecule has 8 heteroatoms. The Kier molecular flexibility index (Phi) is 4.70. The van der Waals surface area contributed by atoms with Crippen LogP contribution in [0.15, 0.2) is 22.8 Å². The van der Waals surface area contributed by atoms with E-state index in [9.17, 15) is 4.79 Å². The number of aromatic nitrogens is 3. The Balaban J connectivity index is 1.71. The molecule has 2 aromatic rings. The van der Waals surface area contributed by atoms with Crippen LogP contribution in [-0.2, 0) is 6.54 Å². The third-order valence-electron chi connectivity index (χ3n) is 3.62. The van der Waals surface area contributed by atoms with E-state index in [1.807, 2.05) is 0 Å². The third-order valence-corrected chi connectivity index (χ3v) is 3.62. The molecule has 1 aliphatic rings. The van der Waals surface area contributed by atoms with Crippen LogP contribution in [0.1, 0.15) is 35.6 Å². The fourth-order valence-corrected chi connectivity index (χ4v) is 2.45. The van der Waals surface area contributed by atoms with E-state index < -0.39 is 0 Å². The summed E-state index contributed by atoms with van der Waals surface area (Å²) in [5.74, 6) is 0.993. The maximum absolute atomic E-state index is 11.9. The molecular weight excluding hydrogens is 298 g/mol. The average Bonchev–Trinajstić information content (AvgIpc) is 3.15. The smallest absolute Gasteiger partial charge is 0.321 e. The van der Waals surface area contributed by atoms with E-state index in [1.54, 1.807) is 12.1 Å². The number of piperidine rings is 1. The summed E-state index contributed by atoms with van der Waals surface area (Å²) in [7, 11) is 1.51. The Labute approximate surface area is 133 Å². The molecule has 0 spiro atoms. The molecule has 3 rings (SSSR count). The molecule has 0 unspecified atom stereocenters. The van der Waals surface area contributed by atoms with E-state index in [-0.39, 0.29) is 24.2 Å². The SMILES string of the molecule is COc1nc(CNC(=O)c2ccco2)nc(N2CCCCC2)n1. The number of rotatable bonds is 5. The van der Waals surface area contributed by atoms with Crippen LogP contribution in [0.2, 0.25) is 0 Å². The second kappa shape index (κ2) is 7.08. The Bertz CT molecular complexity index is 653. The van der Waals surface area contributed by atoms with E-state index in [4.69, 9.17) is 9.15 Å². The molecule has 1 fully saturated rings. The van der Waals surface area contributed by atoms with Crippen LogP contribution in [0.3, 0.4) is 0 Å². The lowest BCUT2D eigenvalue weighted by Gasteiger charge is -2.26. The summed E-state index contributed by atoms with van der Waals surface area (Å²) < 4.78 is 10.2. The Morgan fingerprint density at radius 3 is 2.83 bits per heavy atom. The standard InChI is InChI=1S/C15H19N5O3/c1-22-15-18-12(10-16-13(21)11-6-5-9-23-11)17-14(19-15)20-7-3-2-4-8-20/h5-6,9H,2-4,7-8,10H2,1H3,(H,16,21). The lowest BCUT2D eigenvalue weighted by Crippen LogP contribution is -2.32. The highest BCUT2D eigenvalue weighted by atomic mass is 16.5. The first-order valence-electron chi connectivity index (χ1n) is 7.62. The fraction of sp³-hybridized carbons (Fsp3) is 0.467. The van der Waals surface area contributed by atoms with Gasteiger partial charge in [0.1, 0.15) is 0 Å². The zero-order chi connectivity index (χ0) is 16.1. The van der Waals surface area contributed by atoms with Gasteiger partial charge in [0.25, 0.3) is 5.91 Å². The molecule has 8 nitrogen and oxygen atoms in total. The highest BCUT2D eigenvalue weighted by molar-refractivity contribution is 5.91. The van der Waals surface area contributed by atoms with Crippen molar-refractivity contribution >= 4 is 11.9 Å². The van der Waals surface area contributed by atoms with Gasteiger partial charge in [0.15, 0.2) is 11.6 Å². The van der Waals surface area contributed by atoms with Crippen molar-refractivity contribution in [3.8, 4) is 6.01 Å². The molecular formula is C15H19N5O3. The summed E-state index contributed by atoms with van der Waals surface area (Å²) in [6.45, 7) is 2.02. The molecule has 1 amide bonds. The van der Waals surface area contributed by atoms with Gasteiger partial charge in [-0.25, -0.2) is 0 Å². The largest absolute Gasteiger partial charge is 0.467 e. The first kappa shape index (κ1) is 15.3. The topological polar surface area (TPSA) is 93.4 Å². The summed E-state index contributed by atoms with van der Waals surface area (Å²) in [5, 5.41) is 2.72. The number of carbonyl (C=O) groups excluding carboxylic acids is 1. The van der Waals surface area contributed by atoms with Crippen LogP contribution >= 0.6 is 0 Å². The number of nitrogens with zero attached hydrogens (tertiary/aromatic N) is 4. The van der Waals surface area contributed by atoms with Gasteiger partial charge in [0.2, 0.25) is 5.95 Å². The van der Waals surface area contributed by atoms with Gasteiger partial charge >= 0.3 is 6.01 Å². The van der Waals surface area contributed by atoms with Crippen LogP contribution in [-0.4, -0.2) is 41.1 Å². The van der Waals surface area contributed by atoms with Crippen molar-refractivity contribution in [2.45, 2.75) is 25.8 Å². The Hall–Kier alpha value is -2.64. The van der Waals surface area contributed by atoms with Crippen LogP contribution in [0, 0.1) is 0 Å². The van der Waals surface area contributed by atoms with E-state index in [0.29, 0.717) is 11.8 Å². The van der Waals surface area contributed by atoms with Gasteiger partial charge in [-0.1, -0.05) is 0 Å². The van der Waals surface area contributed by atoms with Crippen LogP contribution in [0.25, 0.3) is 0 Å². The van der Waals surface area contributed by atoms with Crippen molar-refractivity contribution in [1.82, 2.24) is 20.3 Å². The molecule has 0 saturated carbocycles. The van der Waals surface area contributed by atoms with Crippen molar-refractivity contribution in [3.63, 3.8) is 0 Å². The van der Waals surface area contributed by atoms with Crippen molar-refractivity contribution in [3.05, 3.63) is 30.0 Å². The molecule has 1 saturated heterocycles. The zero-order valence-electron chi connectivity index (χ0n) is 13.0. The second-order valence-electron chi connectivity index (χ2n) is 5.25. The van der Waals surface area contributed by atoms with Gasteiger partial charge in [-0.2, -0.15) is 15.0 Å². The van der Waals surface area contributed by atoms with Gasteiger partial charge in [-0.05, 0) is 31.4 Å². The molecule has 0 atom stereocenters. The normalized spacial score (nSPS) is 14.6. The first-order chi connectivity index (χ1) is 11.3. The van der Waals surface area contributed by atoms with Gasteiger partial charge in [-0.3, -0.25) is 4.79 Å². The molecule has 1 aliphatic heterocycles. The van der Waals surface area contributed by atoms with E-state index in [1.165, 1.54) is 19.8 Å². The summed E-state index contributed by atoms with van der Waals surface area (Å²) in [5.41, 5.74) is 0. The minimum absolute atomic E-state index is 0.180. The monoisotopic (exact) mass is 317 g/mol. The third kappa shape index (κ3) is 3.77. The molecule has 23 heavy (non-hydrogen) atoms. The number of hydrogen-bond donors (Lipinski definition) is 1. The Morgan fingerprint density at radius 1 is 1.30 bits per heavy atom. The second-order valence-corrected chi connectivity index (χ2v) is 5.25. The number of nitrogens with one attached hydrogen (secondary N) is 1. The lowest BCUT2D eigenvalue weighted by molar-refractivity contribution is 0.0922. The van der Waals surface area contributed by atoms with Crippen LogP contribution in [0.4, 0.5) is 5.95 Å². The predicted octanol–water partition coefficient (Wildman–Crippen LogP) is 1.39. The molecule has 0 aliphatic carbocycles. The predicted molar refractivity (Wildman–Crippen MR) is 82.3 cm³/mol. The summed E-state index contributed by atoms with van der Waals surface area (Å²) in [4.78, 5) is 26.9. The van der Waals surface area contributed by atoms with Gasteiger partial charge in [0.05, 0.1) is 19.9 Å². The molecule has 0 bridgehead atoms. The molecule has 0 aromatic carbocycles. The van der Waals surface area contributed by atoms with Gasteiger partial charge in [0, 0.05) is 13.1 Å². The molecule has 2 aromatic heterocycles. The summed E-state index contributed by atoms with van der Waals surface area (Å²) in [6, 6.07) is 3.51. The van der Waals surface area contributed by atoms with E-state index in [0.717, 1.165) is 25.9 Å². The van der Waals surface area contributed by atoms with Crippen molar-refractivity contribution < 1.29 is 13.9 Å². The quantitative estimate of drug-likeness (QED) is 0.890. The van der Waals surface area contributed by atoms with Crippen LogP contribution in [0.5, 0.6) is 6.01 Å². The minimum atomic E-state index is -0.311. The molecule has 122 valence electrons. The van der Waals surface area contributed by atoms with Crippen LogP contribution < -0.4 is 15.0 Å². The maximum Gasteiger partial charge on any atom is 0.321 e.